The van der Waals surface area contributed by atoms with Gasteiger partial charge in [-0.05, 0) is 89.1 Å². The van der Waals surface area contributed by atoms with Gasteiger partial charge in [0.15, 0.2) is 0 Å². The Labute approximate surface area is 256 Å². The fraction of sp³-hybridized carbons (Fsp3) is 0.500. The minimum absolute atomic E-state index is 0. The summed E-state index contributed by atoms with van der Waals surface area (Å²) in [6, 6.07) is 13.9. The number of aromatic nitrogens is 1. The van der Waals surface area contributed by atoms with E-state index in [-0.39, 0.29) is 42.2 Å². The quantitative estimate of drug-likeness (QED) is 0.193. The maximum atomic E-state index is 13.7. The predicted molar refractivity (Wildman–Crippen MR) is 170 cm³/mol. The van der Waals surface area contributed by atoms with E-state index in [9.17, 15) is 14.4 Å². The van der Waals surface area contributed by atoms with Gasteiger partial charge in [-0.2, -0.15) is 0 Å². The highest BCUT2D eigenvalue weighted by Crippen LogP contribution is 2.25. The molecule has 0 bridgehead atoms. The third-order valence-corrected chi connectivity index (χ3v) is 8.31. The van der Waals surface area contributed by atoms with E-state index in [0.717, 1.165) is 23.9 Å². The van der Waals surface area contributed by atoms with Crippen LogP contribution in [0.3, 0.4) is 0 Å². The molecule has 8 heteroatoms. The molecule has 1 amide bonds. The molecule has 0 radical (unpaired) electrons. The average Bonchev–Trinajstić information content (AvgIpc) is 3.60. The molecule has 7 nitrogen and oxygen atoms in total. The molecule has 1 fully saturated rings. The van der Waals surface area contributed by atoms with E-state index in [4.69, 9.17) is 4.74 Å². The highest BCUT2D eigenvalue weighted by molar-refractivity contribution is 6.10. The first-order chi connectivity index (χ1) is 19.5. The van der Waals surface area contributed by atoms with Gasteiger partial charge in [-0.25, -0.2) is 0 Å². The van der Waals surface area contributed by atoms with Gasteiger partial charge in [0, 0.05) is 40.5 Å². The molecule has 2 heterocycles. The van der Waals surface area contributed by atoms with Crippen LogP contribution in [0.5, 0.6) is 0 Å². The second kappa shape index (κ2) is 14.3. The molecule has 1 aliphatic rings. The van der Waals surface area contributed by atoms with Crippen molar-refractivity contribution in [3.8, 4) is 0 Å². The Morgan fingerprint density at radius 2 is 1.71 bits per heavy atom. The van der Waals surface area contributed by atoms with Crippen LogP contribution < -0.4 is 5.32 Å². The Bertz CT molecular complexity index is 1390. The van der Waals surface area contributed by atoms with Crippen molar-refractivity contribution in [2.75, 3.05) is 13.7 Å². The number of esters is 1. The first-order valence-electron chi connectivity index (χ1n) is 15.0. The van der Waals surface area contributed by atoms with E-state index in [1.807, 2.05) is 43.4 Å². The SMILES string of the molecule is CCc1cc2cc(C(=O)N(CC(=O)OC)C(C)C)ccn2c1C(=O)c1ccc(CCC(C)(C)NC2CCCC2)cc1.Cl. The molecule has 1 N–H and O–H groups in total. The standard InChI is InChI=1S/C34H45N3O4.ClH/c1-7-25-20-29-21-27(33(40)37(23(2)3)22-30(38)41-6)17-19-36(29)31(25)32(39)26-14-12-24(13-15-26)16-18-34(4,5)35-28-10-8-9-11-28;/h12-15,17,19-21,23,28,35H,7-11,16,18,22H2,1-6H3;1H. The zero-order chi connectivity index (χ0) is 29.7. The number of nitrogens with one attached hydrogen (secondary N) is 1. The van der Waals surface area contributed by atoms with E-state index >= 15 is 0 Å². The Hall–Kier alpha value is -3.16. The second-order valence-corrected chi connectivity index (χ2v) is 12.2. The number of hydrogen-bond acceptors (Lipinski definition) is 5. The summed E-state index contributed by atoms with van der Waals surface area (Å²) in [4.78, 5) is 40.4. The smallest absolute Gasteiger partial charge is 0.325 e. The third kappa shape index (κ3) is 7.81. The van der Waals surface area contributed by atoms with Crippen LogP contribution in [0.1, 0.15) is 104 Å². The minimum atomic E-state index is -0.465. The number of nitrogens with zero attached hydrogens (tertiary/aromatic N) is 2. The lowest BCUT2D eigenvalue weighted by Crippen LogP contribution is -2.45. The maximum Gasteiger partial charge on any atom is 0.325 e. The van der Waals surface area contributed by atoms with E-state index in [1.165, 1.54) is 43.3 Å². The first kappa shape index (κ1) is 33.3. The summed E-state index contributed by atoms with van der Waals surface area (Å²) >= 11 is 0. The van der Waals surface area contributed by atoms with Gasteiger partial charge in [-0.15, -0.1) is 12.4 Å². The number of fused-ring (bicyclic) bond motifs is 1. The van der Waals surface area contributed by atoms with Crippen molar-refractivity contribution in [3.63, 3.8) is 0 Å². The number of halogens is 1. The fourth-order valence-corrected chi connectivity index (χ4v) is 5.86. The summed E-state index contributed by atoms with van der Waals surface area (Å²) in [7, 11) is 1.31. The van der Waals surface area contributed by atoms with Crippen molar-refractivity contribution in [1.29, 1.82) is 0 Å². The lowest BCUT2D eigenvalue weighted by molar-refractivity contribution is -0.141. The molecule has 0 aliphatic heterocycles. The number of aryl methyl sites for hydroxylation is 2. The molecule has 228 valence electrons. The van der Waals surface area contributed by atoms with E-state index in [2.05, 4.69) is 31.3 Å². The zero-order valence-electron chi connectivity index (χ0n) is 25.9. The number of benzene rings is 1. The molecule has 1 aliphatic carbocycles. The highest BCUT2D eigenvalue weighted by atomic mass is 35.5. The van der Waals surface area contributed by atoms with E-state index in [1.54, 1.807) is 18.3 Å². The number of methoxy groups -OCH3 is 1. The number of ether oxygens (including phenoxy) is 1. The van der Waals surface area contributed by atoms with Crippen molar-refractivity contribution in [2.24, 2.45) is 0 Å². The molecule has 3 aromatic rings. The van der Waals surface area contributed by atoms with Crippen LogP contribution in [0.15, 0.2) is 48.7 Å². The van der Waals surface area contributed by atoms with Gasteiger partial charge in [0.25, 0.3) is 5.91 Å². The Kier molecular flexibility index (Phi) is 11.4. The monoisotopic (exact) mass is 595 g/mol. The Morgan fingerprint density at radius 1 is 1.05 bits per heavy atom. The molecular weight excluding hydrogens is 550 g/mol. The summed E-state index contributed by atoms with van der Waals surface area (Å²) < 4.78 is 6.64. The maximum absolute atomic E-state index is 13.7. The first-order valence-corrected chi connectivity index (χ1v) is 15.0. The van der Waals surface area contributed by atoms with Crippen molar-refractivity contribution in [1.82, 2.24) is 14.6 Å². The van der Waals surface area contributed by atoms with Crippen LogP contribution in [0, 0.1) is 0 Å². The van der Waals surface area contributed by atoms with Crippen molar-refractivity contribution < 1.29 is 19.1 Å². The van der Waals surface area contributed by atoms with Crippen molar-refractivity contribution in [3.05, 3.63) is 76.6 Å². The molecule has 1 aromatic carbocycles. The second-order valence-electron chi connectivity index (χ2n) is 12.2. The number of hydrogen-bond donors (Lipinski definition) is 1. The molecule has 1 saturated carbocycles. The van der Waals surface area contributed by atoms with Gasteiger partial charge in [-0.3, -0.25) is 14.4 Å². The van der Waals surface area contributed by atoms with Crippen LogP contribution in [-0.4, -0.2) is 58.2 Å². The van der Waals surface area contributed by atoms with E-state index in [0.29, 0.717) is 29.3 Å². The Morgan fingerprint density at radius 3 is 2.31 bits per heavy atom. The van der Waals surface area contributed by atoms with Gasteiger partial charge < -0.3 is 19.4 Å². The molecule has 0 saturated heterocycles. The number of amides is 1. The zero-order valence-corrected chi connectivity index (χ0v) is 26.7. The predicted octanol–water partition coefficient (Wildman–Crippen LogP) is 6.42. The normalized spacial score (nSPS) is 13.8. The van der Waals surface area contributed by atoms with E-state index < -0.39 is 5.97 Å². The number of carbonyl (C=O) groups excluding carboxylic acids is 3. The van der Waals surface area contributed by atoms with Crippen LogP contribution >= 0.6 is 12.4 Å². The summed E-state index contributed by atoms with van der Waals surface area (Å²) in [5, 5.41) is 3.84. The molecule has 2 aromatic heterocycles. The summed E-state index contributed by atoms with van der Waals surface area (Å²) in [5.74, 6) is -0.755. The van der Waals surface area contributed by atoms with Gasteiger partial charge in [0.2, 0.25) is 5.78 Å². The van der Waals surface area contributed by atoms with Gasteiger partial charge in [0.05, 0.1) is 12.8 Å². The molecular formula is C34H46ClN3O4. The number of pyridine rings is 1. The summed E-state index contributed by atoms with van der Waals surface area (Å²) in [6.45, 7) is 10.2. The van der Waals surface area contributed by atoms with Gasteiger partial charge >= 0.3 is 5.97 Å². The fourth-order valence-electron chi connectivity index (χ4n) is 5.86. The molecule has 0 spiro atoms. The number of ketones is 1. The molecule has 0 atom stereocenters. The van der Waals surface area contributed by atoms with Crippen molar-refractivity contribution in [2.45, 2.75) is 97.2 Å². The third-order valence-electron chi connectivity index (χ3n) is 8.31. The van der Waals surface area contributed by atoms with Crippen molar-refractivity contribution >= 4 is 35.6 Å². The average molecular weight is 596 g/mol. The largest absolute Gasteiger partial charge is 0.468 e. The highest BCUT2D eigenvalue weighted by Gasteiger charge is 2.26. The van der Waals surface area contributed by atoms with Crippen LogP contribution in [0.2, 0.25) is 0 Å². The molecule has 4 rings (SSSR count). The molecule has 42 heavy (non-hydrogen) atoms. The summed E-state index contributed by atoms with van der Waals surface area (Å²) in [5.41, 5.74) is 4.73. The van der Waals surface area contributed by atoms with Crippen LogP contribution in [-0.2, 0) is 22.4 Å². The van der Waals surface area contributed by atoms with Gasteiger partial charge in [-0.1, -0.05) is 44.0 Å². The van der Waals surface area contributed by atoms with Crippen LogP contribution in [0.25, 0.3) is 5.52 Å². The summed E-state index contributed by atoms with van der Waals surface area (Å²) in [6.07, 6.45) is 9.66. The lowest BCUT2D eigenvalue weighted by Gasteiger charge is -2.30. The Balaban J connectivity index is 0.00000484. The minimum Gasteiger partial charge on any atom is -0.468 e. The number of carbonyl (C=O) groups is 3. The van der Waals surface area contributed by atoms with Gasteiger partial charge in [0.1, 0.15) is 6.54 Å². The van der Waals surface area contributed by atoms with Crippen LogP contribution in [0.4, 0.5) is 0 Å². The molecule has 0 unspecified atom stereocenters. The lowest BCUT2D eigenvalue weighted by atomic mass is 9.93. The number of rotatable bonds is 12. The topological polar surface area (TPSA) is 80.1 Å².